The van der Waals surface area contributed by atoms with Crippen molar-refractivity contribution in [2.45, 2.75) is 37.6 Å². The Morgan fingerprint density at radius 3 is 2.52 bits per heavy atom. The molecular weight excluding hydrogens is 393 g/mol. The number of benzene rings is 2. The molecule has 0 atom stereocenters. The van der Waals surface area contributed by atoms with E-state index in [1.54, 1.807) is 36.5 Å². The topological polar surface area (TPSA) is 71.1 Å². The van der Waals surface area contributed by atoms with Gasteiger partial charge in [-0.15, -0.1) is 0 Å². The molecule has 2 aromatic carbocycles. The van der Waals surface area contributed by atoms with Gasteiger partial charge in [0.15, 0.2) is 0 Å². The Bertz CT molecular complexity index is 1080. The molecule has 2 N–H and O–H groups in total. The van der Waals surface area contributed by atoms with Crippen molar-refractivity contribution in [2.24, 2.45) is 0 Å². The quantitative estimate of drug-likeness (QED) is 0.616. The van der Waals surface area contributed by atoms with Gasteiger partial charge in [0.05, 0.1) is 17.7 Å². The summed E-state index contributed by atoms with van der Waals surface area (Å²) in [6.45, 7) is 0.318. The summed E-state index contributed by atoms with van der Waals surface area (Å²) >= 11 is 0. The first-order valence-corrected chi connectivity index (χ1v) is 10.4. The van der Waals surface area contributed by atoms with Crippen LogP contribution in [0.5, 0.6) is 0 Å². The summed E-state index contributed by atoms with van der Waals surface area (Å²) in [6, 6.07) is 18.6. The summed E-state index contributed by atoms with van der Waals surface area (Å²) in [5.41, 5.74) is 1.70. The minimum absolute atomic E-state index is 0.165. The number of hydrogen-bond acceptors (Lipinski definition) is 3. The van der Waals surface area contributed by atoms with Gasteiger partial charge in [0.1, 0.15) is 5.82 Å². The molecule has 0 bridgehead atoms. The molecule has 1 aliphatic carbocycles. The third-order valence-corrected chi connectivity index (χ3v) is 5.81. The van der Waals surface area contributed by atoms with Gasteiger partial charge in [0, 0.05) is 17.4 Å². The summed E-state index contributed by atoms with van der Waals surface area (Å²) in [5, 5.41) is 5.79. The number of halogens is 1. The molecule has 5 nitrogen and oxygen atoms in total. The van der Waals surface area contributed by atoms with Crippen LogP contribution >= 0.6 is 0 Å². The first-order valence-electron chi connectivity index (χ1n) is 10.4. The van der Waals surface area contributed by atoms with Crippen LogP contribution in [0.4, 0.5) is 10.1 Å². The highest BCUT2D eigenvalue weighted by Gasteiger charge is 2.42. The average molecular weight is 417 g/mol. The van der Waals surface area contributed by atoms with Gasteiger partial charge in [0.2, 0.25) is 5.91 Å². The SMILES string of the molecule is O=C(NCc1ccccn1)c1cccc(NC(=O)C2(c3cccc(F)c3)CCCC2)c1. The van der Waals surface area contributed by atoms with Crippen molar-refractivity contribution < 1.29 is 14.0 Å². The maximum absolute atomic E-state index is 13.8. The van der Waals surface area contributed by atoms with Crippen molar-refractivity contribution in [3.63, 3.8) is 0 Å². The molecule has 1 aromatic heterocycles. The van der Waals surface area contributed by atoms with E-state index in [2.05, 4.69) is 15.6 Å². The van der Waals surface area contributed by atoms with Crippen LogP contribution in [-0.4, -0.2) is 16.8 Å². The zero-order chi connectivity index (χ0) is 21.7. The van der Waals surface area contributed by atoms with Crippen molar-refractivity contribution in [3.05, 3.63) is 95.6 Å². The fourth-order valence-electron chi connectivity index (χ4n) is 4.18. The van der Waals surface area contributed by atoms with Crippen molar-refractivity contribution in [2.75, 3.05) is 5.32 Å². The molecule has 0 saturated heterocycles. The van der Waals surface area contributed by atoms with E-state index in [0.29, 0.717) is 36.2 Å². The summed E-state index contributed by atoms with van der Waals surface area (Å²) in [7, 11) is 0. The Labute approximate surface area is 180 Å². The highest BCUT2D eigenvalue weighted by Crippen LogP contribution is 2.42. The maximum Gasteiger partial charge on any atom is 0.251 e. The zero-order valence-electron chi connectivity index (χ0n) is 17.1. The smallest absolute Gasteiger partial charge is 0.251 e. The summed E-state index contributed by atoms with van der Waals surface area (Å²) in [4.78, 5) is 30.0. The van der Waals surface area contributed by atoms with E-state index in [0.717, 1.165) is 18.5 Å². The summed E-state index contributed by atoms with van der Waals surface area (Å²) < 4.78 is 13.8. The van der Waals surface area contributed by atoms with Crippen LogP contribution in [0, 0.1) is 5.82 Å². The molecule has 158 valence electrons. The lowest BCUT2D eigenvalue weighted by Gasteiger charge is -2.28. The highest BCUT2D eigenvalue weighted by atomic mass is 19.1. The third kappa shape index (κ3) is 4.63. The van der Waals surface area contributed by atoms with Gasteiger partial charge >= 0.3 is 0 Å². The van der Waals surface area contributed by atoms with E-state index in [1.807, 2.05) is 24.3 Å². The molecule has 3 aromatic rings. The zero-order valence-corrected chi connectivity index (χ0v) is 17.1. The molecule has 2 amide bonds. The van der Waals surface area contributed by atoms with Crippen LogP contribution in [0.25, 0.3) is 0 Å². The molecule has 1 heterocycles. The molecule has 4 rings (SSSR count). The average Bonchev–Trinajstić information content (AvgIpc) is 3.30. The third-order valence-electron chi connectivity index (χ3n) is 5.81. The summed E-state index contributed by atoms with van der Waals surface area (Å²) in [6.07, 6.45) is 4.86. The minimum atomic E-state index is -0.751. The number of amides is 2. The molecule has 1 saturated carbocycles. The van der Waals surface area contributed by atoms with Crippen LogP contribution in [0.2, 0.25) is 0 Å². The second kappa shape index (κ2) is 9.08. The lowest BCUT2D eigenvalue weighted by atomic mass is 9.78. The lowest BCUT2D eigenvalue weighted by molar-refractivity contribution is -0.121. The molecule has 0 unspecified atom stereocenters. The monoisotopic (exact) mass is 417 g/mol. The van der Waals surface area contributed by atoms with Gasteiger partial charge in [-0.3, -0.25) is 14.6 Å². The Kier molecular flexibility index (Phi) is 6.07. The van der Waals surface area contributed by atoms with Gasteiger partial charge < -0.3 is 10.6 Å². The van der Waals surface area contributed by atoms with Crippen LogP contribution in [0.3, 0.4) is 0 Å². The molecule has 1 aliphatic rings. The van der Waals surface area contributed by atoms with Crippen molar-refractivity contribution >= 4 is 17.5 Å². The highest BCUT2D eigenvalue weighted by molar-refractivity contribution is 6.01. The van der Waals surface area contributed by atoms with Gasteiger partial charge in [0.25, 0.3) is 5.91 Å². The number of nitrogens with zero attached hydrogens (tertiary/aromatic N) is 1. The second-order valence-corrected chi connectivity index (χ2v) is 7.84. The van der Waals surface area contributed by atoms with E-state index in [1.165, 1.54) is 12.1 Å². The largest absolute Gasteiger partial charge is 0.346 e. The van der Waals surface area contributed by atoms with Gasteiger partial charge in [-0.1, -0.05) is 37.1 Å². The van der Waals surface area contributed by atoms with E-state index in [9.17, 15) is 14.0 Å². The number of hydrogen-bond donors (Lipinski definition) is 2. The molecule has 1 fully saturated rings. The number of nitrogens with one attached hydrogen (secondary N) is 2. The number of pyridine rings is 1. The fraction of sp³-hybridized carbons (Fsp3) is 0.240. The van der Waals surface area contributed by atoms with Crippen LogP contribution in [0.15, 0.2) is 72.9 Å². The predicted molar refractivity (Wildman–Crippen MR) is 117 cm³/mol. The Hall–Kier alpha value is -3.54. The van der Waals surface area contributed by atoms with Crippen molar-refractivity contribution in [1.82, 2.24) is 10.3 Å². The van der Waals surface area contributed by atoms with E-state index in [4.69, 9.17) is 0 Å². The number of rotatable bonds is 6. The first kappa shape index (κ1) is 20.7. The minimum Gasteiger partial charge on any atom is -0.346 e. The molecule has 0 aliphatic heterocycles. The van der Waals surface area contributed by atoms with Crippen molar-refractivity contribution in [1.29, 1.82) is 0 Å². The molecule has 0 spiro atoms. The molecule has 6 heteroatoms. The molecular formula is C25H24FN3O2. The van der Waals surface area contributed by atoms with Gasteiger partial charge in [-0.2, -0.15) is 0 Å². The Balaban J connectivity index is 1.48. The number of carbonyl (C=O) groups excluding carboxylic acids is 2. The second-order valence-electron chi connectivity index (χ2n) is 7.84. The number of anilines is 1. The lowest BCUT2D eigenvalue weighted by Crippen LogP contribution is -2.38. The van der Waals surface area contributed by atoms with E-state index >= 15 is 0 Å². The van der Waals surface area contributed by atoms with Crippen LogP contribution < -0.4 is 10.6 Å². The van der Waals surface area contributed by atoms with Gasteiger partial charge in [-0.05, 0) is 60.9 Å². The maximum atomic E-state index is 13.8. The standard InChI is InChI=1S/C25H24FN3O2/c26-20-9-6-8-19(16-20)25(12-2-3-13-25)24(31)29-21-11-5-7-18(15-21)23(30)28-17-22-10-1-4-14-27-22/h1,4-11,14-16H,2-3,12-13,17H2,(H,28,30)(H,29,31). The Morgan fingerprint density at radius 1 is 0.968 bits per heavy atom. The van der Waals surface area contributed by atoms with Crippen molar-refractivity contribution in [3.8, 4) is 0 Å². The predicted octanol–water partition coefficient (Wildman–Crippen LogP) is 4.60. The Morgan fingerprint density at radius 2 is 1.77 bits per heavy atom. The molecule has 0 radical (unpaired) electrons. The normalized spacial score (nSPS) is 14.7. The van der Waals surface area contributed by atoms with E-state index < -0.39 is 5.41 Å². The molecule has 31 heavy (non-hydrogen) atoms. The number of aromatic nitrogens is 1. The first-order chi connectivity index (χ1) is 15.1. The van der Waals surface area contributed by atoms with Gasteiger partial charge in [-0.25, -0.2) is 4.39 Å². The number of carbonyl (C=O) groups is 2. The van der Waals surface area contributed by atoms with Crippen LogP contribution in [0.1, 0.15) is 47.3 Å². The van der Waals surface area contributed by atoms with Crippen LogP contribution in [-0.2, 0) is 16.8 Å². The van der Waals surface area contributed by atoms with E-state index in [-0.39, 0.29) is 17.6 Å². The fourth-order valence-corrected chi connectivity index (χ4v) is 4.18. The summed E-state index contributed by atoms with van der Waals surface area (Å²) in [5.74, 6) is -0.757.